The smallest absolute Gasteiger partial charge is 0.310 e. The van der Waals surface area contributed by atoms with Gasteiger partial charge in [0.15, 0.2) is 5.96 Å². The molecule has 0 aliphatic rings. The van der Waals surface area contributed by atoms with E-state index in [1.807, 2.05) is 13.0 Å². The number of carbonyl (C=O) groups is 1. The Hall–Kier alpha value is -0.730. The number of benzene rings is 1. The Bertz CT molecular complexity index is 541. The lowest BCUT2D eigenvalue weighted by molar-refractivity contribution is -0.144. The lowest BCUT2D eigenvalue weighted by Gasteiger charge is -2.14. The maximum atomic E-state index is 11.4. The van der Waals surface area contributed by atoms with Gasteiger partial charge in [-0.05, 0) is 24.6 Å². The molecule has 1 unspecified atom stereocenters. The van der Waals surface area contributed by atoms with Crippen LogP contribution in [0.15, 0.2) is 23.2 Å². The summed E-state index contributed by atoms with van der Waals surface area (Å²) in [5, 5.41) is 7.39. The van der Waals surface area contributed by atoms with E-state index in [1.54, 1.807) is 19.1 Å². The molecular formula is C15H22Cl2IN3O2. The summed E-state index contributed by atoms with van der Waals surface area (Å²) in [5.41, 5.74) is 0.879. The Balaban J connectivity index is 0.00000484. The van der Waals surface area contributed by atoms with E-state index in [2.05, 4.69) is 15.6 Å². The molecule has 1 aromatic rings. The molecule has 0 fully saturated rings. The minimum atomic E-state index is -0.260. The molecule has 0 amide bonds. The van der Waals surface area contributed by atoms with Gasteiger partial charge in [-0.1, -0.05) is 36.2 Å². The molecule has 0 bridgehead atoms. The molecule has 1 aromatic carbocycles. The molecular weight excluding hydrogens is 452 g/mol. The van der Waals surface area contributed by atoms with Gasteiger partial charge in [-0.15, -0.1) is 24.0 Å². The van der Waals surface area contributed by atoms with Gasteiger partial charge in [0.1, 0.15) is 0 Å². The molecule has 5 nitrogen and oxygen atoms in total. The fraction of sp³-hybridized carbons (Fsp3) is 0.467. The number of hydrogen-bond donors (Lipinski definition) is 2. The van der Waals surface area contributed by atoms with Gasteiger partial charge in [-0.2, -0.15) is 0 Å². The number of nitrogens with zero attached hydrogens (tertiary/aromatic N) is 1. The lowest BCUT2D eigenvalue weighted by atomic mass is 10.2. The topological polar surface area (TPSA) is 62.7 Å². The molecule has 1 rings (SSSR count). The van der Waals surface area contributed by atoms with Gasteiger partial charge >= 0.3 is 5.97 Å². The van der Waals surface area contributed by atoms with Crippen LogP contribution in [0.1, 0.15) is 19.4 Å². The molecule has 0 radical (unpaired) electrons. The first kappa shape index (κ1) is 22.3. The monoisotopic (exact) mass is 473 g/mol. The number of aliphatic imine (C=N–C) groups is 1. The first-order valence-corrected chi connectivity index (χ1v) is 7.77. The Labute approximate surface area is 164 Å². The van der Waals surface area contributed by atoms with Crippen molar-refractivity contribution in [2.24, 2.45) is 10.9 Å². The molecule has 0 saturated heterocycles. The summed E-state index contributed by atoms with van der Waals surface area (Å²) >= 11 is 12.0. The number of ether oxygens (including phenoxy) is 1. The summed E-state index contributed by atoms with van der Waals surface area (Å²) in [4.78, 5) is 15.8. The number of esters is 1. The third-order valence-corrected chi connectivity index (χ3v) is 3.53. The second kappa shape index (κ2) is 11.8. The van der Waals surface area contributed by atoms with Crippen molar-refractivity contribution in [3.63, 3.8) is 0 Å². The minimum Gasteiger partial charge on any atom is -0.469 e. The molecule has 23 heavy (non-hydrogen) atoms. The highest BCUT2D eigenvalue weighted by molar-refractivity contribution is 14.0. The standard InChI is InChI=1S/C15H21Cl2N3O2.HI/c1-4-18-15(19-8-10(2)14(21)22-3)20-9-11-5-6-12(16)7-13(11)17;/h5-7,10H,4,8-9H2,1-3H3,(H2,18,19,20);1H. The van der Waals surface area contributed by atoms with Crippen LogP contribution in [0.2, 0.25) is 10.0 Å². The van der Waals surface area contributed by atoms with Gasteiger partial charge in [0.05, 0.1) is 19.6 Å². The van der Waals surface area contributed by atoms with Gasteiger partial charge in [-0.25, -0.2) is 4.99 Å². The zero-order valence-corrected chi connectivity index (χ0v) is 17.2. The molecule has 0 saturated carbocycles. The second-order valence-corrected chi connectivity index (χ2v) is 5.58. The Kier molecular flexibility index (Phi) is 11.4. The van der Waals surface area contributed by atoms with E-state index >= 15 is 0 Å². The van der Waals surface area contributed by atoms with Crippen LogP contribution in [0.25, 0.3) is 0 Å². The second-order valence-electron chi connectivity index (χ2n) is 4.74. The molecule has 0 aliphatic carbocycles. The highest BCUT2D eigenvalue weighted by atomic mass is 127. The molecule has 0 heterocycles. The number of guanidine groups is 1. The molecule has 0 aromatic heterocycles. The molecule has 8 heteroatoms. The first-order valence-electron chi connectivity index (χ1n) is 7.01. The van der Waals surface area contributed by atoms with Gasteiger partial charge in [0.2, 0.25) is 0 Å². The van der Waals surface area contributed by atoms with Crippen molar-refractivity contribution < 1.29 is 9.53 Å². The van der Waals surface area contributed by atoms with Crippen molar-refractivity contribution in [1.29, 1.82) is 0 Å². The van der Waals surface area contributed by atoms with Crippen LogP contribution in [-0.2, 0) is 16.1 Å². The SMILES string of the molecule is CCNC(=NCc1ccc(Cl)cc1Cl)NCC(C)C(=O)OC.I. The van der Waals surface area contributed by atoms with Crippen molar-refractivity contribution >= 4 is 59.1 Å². The van der Waals surface area contributed by atoms with Gasteiger partial charge < -0.3 is 15.4 Å². The fourth-order valence-electron chi connectivity index (χ4n) is 1.69. The number of nitrogens with one attached hydrogen (secondary N) is 2. The molecule has 130 valence electrons. The van der Waals surface area contributed by atoms with Crippen LogP contribution >= 0.6 is 47.2 Å². The van der Waals surface area contributed by atoms with Gasteiger partial charge in [0, 0.05) is 23.1 Å². The van der Waals surface area contributed by atoms with Crippen molar-refractivity contribution in [1.82, 2.24) is 10.6 Å². The average Bonchev–Trinajstić information content (AvgIpc) is 2.50. The molecule has 1 atom stereocenters. The number of hydrogen-bond acceptors (Lipinski definition) is 3. The summed E-state index contributed by atoms with van der Waals surface area (Å²) in [5.74, 6) is 0.0985. The predicted octanol–water partition coefficient (Wildman–Crippen LogP) is 3.48. The highest BCUT2D eigenvalue weighted by Gasteiger charge is 2.13. The van der Waals surface area contributed by atoms with E-state index in [4.69, 9.17) is 27.9 Å². The molecule has 0 spiro atoms. The first-order chi connectivity index (χ1) is 10.5. The van der Waals surface area contributed by atoms with E-state index in [1.165, 1.54) is 7.11 Å². The quantitative estimate of drug-likeness (QED) is 0.287. The summed E-state index contributed by atoms with van der Waals surface area (Å²) in [6.07, 6.45) is 0. The van der Waals surface area contributed by atoms with Crippen molar-refractivity contribution in [2.75, 3.05) is 20.2 Å². The van der Waals surface area contributed by atoms with Crippen LogP contribution in [0.4, 0.5) is 0 Å². The lowest BCUT2D eigenvalue weighted by Crippen LogP contribution is -2.40. The number of carbonyl (C=O) groups excluding carboxylic acids is 1. The maximum absolute atomic E-state index is 11.4. The summed E-state index contributed by atoms with van der Waals surface area (Å²) < 4.78 is 4.69. The van der Waals surface area contributed by atoms with Gasteiger partial charge in [-0.3, -0.25) is 4.79 Å². The number of rotatable bonds is 6. The Morgan fingerprint density at radius 2 is 2.04 bits per heavy atom. The summed E-state index contributed by atoms with van der Waals surface area (Å²) in [7, 11) is 1.38. The van der Waals surface area contributed by atoms with E-state index in [0.29, 0.717) is 35.6 Å². The average molecular weight is 474 g/mol. The minimum absolute atomic E-state index is 0. The van der Waals surface area contributed by atoms with E-state index < -0.39 is 0 Å². The van der Waals surface area contributed by atoms with Crippen LogP contribution in [-0.4, -0.2) is 32.1 Å². The van der Waals surface area contributed by atoms with Crippen LogP contribution in [0.5, 0.6) is 0 Å². The number of methoxy groups -OCH3 is 1. The third-order valence-electron chi connectivity index (χ3n) is 2.95. The predicted molar refractivity (Wildman–Crippen MR) is 106 cm³/mol. The van der Waals surface area contributed by atoms with E-state index in [9.17, 15) is 4.79 Å². The highest BCUT2D eigenvalue weighted by Crippen LogP contribution is 2.21. The normalized spacial score (nSPS) is 12.1. The van der Waals surface area contributed by atoms with Crippen LogP contribution in [0, 0.1) is 5.92 Å². The summed E-state index contributed by atoms with van der Waals surface area (Å²) in [6.45, 7) is 5.33. The van der Waals surface area contributed by atoms with Crippen molar-refractivity contribution in [3.8, 4) is 0 Å². The Morgan fingerprint density at radius 1 is 1.35 bits per heavy atom. The Morgan fingerprint density at radius 3 is 2.61 bits per heavy atom. The van der Waals surface area contributed by atoms with Gasteiger partial charge in [0.25, 0.3) is 0 Å². The van der Waals surface area contributed by atoms with E-state index in [0.717, 1.165) is 5.56 Å². The maximum Gasteiger partial charge on any atom is 0.310 e. The fourth-order valence-corrected chi connectivity index (χ4v) is 2.16. The molecule has 2 N–H and O–H groups in total. The van der Waals surface area contributed by atoms with Crippen molar-refractivity contribution in [3.05, 3.63) is 33.8 Å². The largest absolute Gasteiger partial charge is 0.469 e. The van der Waals surface area contributed by atoms with Crippen LogP contribution < -0.4 is 10.6 Å². The summed E-state index contributed by atoms with van der Waals surface area (Å²) in [6, 6.07) is 5.31. The molecule has 0 aliphatic heterocycles. The van der Waals surface area contributed by atoms with Crippen LogP contribution in [0.3, 0.4) is 0 Å². The third kappa shape index (κ3) is 8.08. The number of halogens is 3. The van der Waals surface area contributed by atoms with Crippen molar-refractivity contribution in [2.45, 2.75) is 20.4 Å². The zero-order chi connectivity index (χ0) is 16.5. The van der Waals surface area contributed by atoms with E-state index in [-0.39, 0.29) is 35.9 Å². The zero-order valence-electron chi connectivity index (χ0n) is 13.4.